The van der Waals surface area contributed by atoms with Gasteiger partial charge in [-0.1, -0.05) is 17.7 Å². The molecule has 0 aliphatic carbocycles. The number of aromatic nitrogens is 3. The molecule has 2 atom stereocenters. The van der Waals surface area contributed by atoms with Gasteiger partial charge < -0.3 is 19.2 Å². The van der Waals surface area contributed by atoms with E-state index in [1.165, 1.54) is 0 Å². The third-order valence-electron chi connectivity index (χ3n) is 5.15. The molecule has 0 spiro atoms. The average molecular weight is 436 g/mol. The predicted molar refractivity (Wildman–Crippen MR) is 118 cm³/mol. The molecular formula is C22H18ClN5OS. The molecule has 0 radical (unpaired) electrons. The number of nitrogens with one attached hydrogen (secondary N) is 1. The Hall–Kier alpha value is -3.16. The Morgan fingerprint density at radius 3 is 2.73 bits per heavy atom. The molecule has 1 N–H and O–H groups in total. The highest BCUT2D eigenvalue weighted by Gasteiger charge is 2.41. The van der Waals surface area contributed by atoms with Crippen LogP contribution < -0.4 is 5.32 Å². The van der Waals surface area contributed by atoms with Crippen LogP contribution in [0.4, 0.5) is 0 Å². The maximum absolute atomic E-state index is 6.04. The molecule has 1 fully saturated rings. The van der Waals surface area contributed by atoms with E-state index in [1.807, 2.05) is 54.7 Å². The van der Waals surface area contributed by atoms with Crippen molar-refractivity contribution in [1.29, 1.82) is 0 Å². The van der Waals surface area contributed by atoms with Gasteiger partial charge in [0.15, 0.2) is 5.11 Å². The summed E-state index contributed by atoms with van der Waals surface area (Å²) in [6, 6.07) is 17.3. The van der Waals surface area contributed by atoms with Crippen LogP contribution in [0.2, 0.25) is 5.02 Å². The first-order valence-electron chi connectivity index (χ1n) is 9.50. The summed E-state index contributed by atoms with van der Waals surface area (Å²) in [6.45, 7) is 0.548. The summed E-state index contributed by atoms with van der Waals surface area (Å²) in [5.74, 6) is 1.63. The SMILES string of the molecule is S=C1N[C@@H](c2ccccn2)[C@H](c2cccn2-c2ccc(Cl)cn2)N1Cc1ccco1. The topological polar surface area (TPSA) is 59.1 Å². The van der Waals surface area contributed by atoms with Crippen molar-refractivity contribution in [3.63, 3.8) is 0 Å². The van der Waals surface area contributed by atoms with Gasteiger partial charge in [0.2, 0.25) is 0 Å². The van der Waals surface area contributed by atoms with Gasteiger partial charge in [-0.25, -0.2) is 4.98 Å². The molecule has 5 rings (SSSR count). The van der Waals surface area contributed by atoms with Crippen molar-refractivity contribution >= 4 is 28.9 Å². The fourth-order valence-corrected chi connectivity index (χ4v) is 4.24. The Morgan fingerprint density at radius 1 is 1.07 bits per heavy atom. The number of pyridine rings is 2. The molecule has 4 aromatic heterocycles. The largest absolute Gasteiger partial charge is 0.467 e. The lowest BCUT2D eigenvalue weighted by atomic mass is 10.0. The van der Waals surface area contributed by atoms with Gasteiger partial charge in [-0.3, -0.25) is 4.98 Å². The van der Waals surface area contributed by atoms with Crippen molar-refractivity contribution < 1.29 is 4.42 Å². The second kappa shape index (κ2) is 7.93. The van der Waals surface area contributed by atoms with Crippen LogP contribution >= 0.6 is 23.8 Å². The van der Waals surface area contributed by atoms with Crippen LogP contribution in [0, 0.1) is 0 Å². The molecule has 1 saturated heterocycles. The van der Waals surface area contributed by atoms with Gasteiger partial charge in [0, 0.05) is 24.3 Å². The lowest BCUT2D eigenvalue weighted by Crippen LogP contribution is -2.29. The minimum absolute atomic E-state index is 0.107. The van der Waals surface area contributed by atoms with Gasteiger partial charge >= 0.3 is 0 Å². The average Bonchev–Trinajstić information content (AvgIpc) is 3.51. The van der Waals surface area contributed by atoms with Crippen molar-refractivity contribution in [1.82, 2.24) is 24.8 Å². The standard InChI is InChI=1S/C22H18ClN5OS/c23-15-8-9-19(25-13-15)27-11-3-7-18(27)21-20(17-6-1-2-10-24-17)26-22(30)28(21)14-16-5-4-12-29-16/h1-13,20-21H,14H2,(H,26,30)/t20-,21-/m0/s1. The summed E-state index contributed by atoms with van der Waals surface area (Å²) in [6.07, 6.45) is 7.11. The zero-order valence-corrected chi connectivity index (χ0v) is 17.4. The van der Waals surface area contributed by atoms with Crippen molar-refractivity contribution in [3.8, 4) is 5.82 Å². The van der Waals surface area contributed by atoms with Gasteiger partial charge in [-0.05, 0) is 60.7 Å². The summed E-state index contributed by atoms with van der Waals surface area (Å²) in [4.78, 5) is 11.2. The Bertz CT molecular complexity index is 1140. The van der Waals surface area contributed by atoms with Gasteiger partial charge in [-0.15, -0.1) is 0 Å². The van der Waals surface area contributed by atoms with Crippen molar-refractivity contribution in [3.05, 3.63) is 102 Å². The van der Waals surface area contributed by atoms with E-state index in [0.717, 1.165) is 23.0 Å². The highest BCUT2D eigenvalue weighted by atomic mass is 35.5. The Labute approximate surface area is 184 Å². The Kier molecular flexibility index (Phi) is 4.98. The summed E-state index contributed by atoms with van der Waals surface area (Å²) >= 11 is 11.8. The van der Waals surface area contributed by atoms with Crippen molar-refractivity contribution in [2.75, 3.05) is 0 Å². The van der Waals surface area contributed by atoms with E-state index >= 15 is 0 Å². The lowest BCUT2D eigenvalue weighted by molar-refractivity contribution is 0.280. The van der Waals surface area contributed by atoms with E-state index in [4.69, 9.17) is 28.2 Å². The maximum atomic E-state index is 6.04. The van der Waals surface area contributed by atoms with Crippen molar-refractivity contribution in [2.24, 2.45) is 0 Å². The third-order valence-corrected chi connectivity index (χ3v) is 5.72. The molecule has 0 saturated carbocycles. The zero-order chi connectivity index (χ0) is 20.5. The van der Waals surface area contributed by atoms with E-state index in [0.29, 0.717) is 16.7 Å². The van der Waals surface area contributed by atoms with Crippen LogP contribution in [0.25, 0.3) is 5.82 Å². The number of hydrogen-bond donors (Lipinski definition) is 1. The van der Waals surface area contributed by atoms with E-state index in [1.54, 1.807) is 18.7 Å². The fourth-order valence-electron chi connectivity index (χ4n) is 3.82. The van der Waals surface area contributed by atoms with Crippen LogP contribution in [0.5, 0.6) is 0 Å². The van der Waals surface area contributed by atoms with Crippen LogP contribution in [0.1, 0.15) is 29.2 Å². The Morgan fingerprint density at radius 2 is 2.00 bits per heavy atom. The van der Waals surface area contributed by atoms with Gasteiger partial charge in [0.1, 0.15) is 11.6 Å². The molecule has 0 aromatic carbocycles. The summed E-state index contributed by atoms with van der Waals surface area (Å²) < 4.78 is 7.66. The zero-order valence-electron chi connectivity index (χ0n) is 15.9. The fraction of sp³-hybridized carbons (Fsp3) is 0.136. The van der Waals surface area contributed by atoms with Crippen molar-refractivity contribution in [2.45, 2.75) is 18.6 Å². The molecule has 8 heteroatoms. The molecule has 1 aliphatic heterocycles. The molecule has 0 amide bonds. The summed E-state index contributed by atoms with van der Waals surface area (Å²) in [5.41, 5.74) is 1.96. The van der Waals surface area contributed by atoms with E-state index in [2.05, 4.69) is 30.8 Å². The number of hydrogen-bond acceptors (Lipinski definition) is 4. The summed E-state index contributed by atoms with van der Waals surface area (Å²) in [5, 5.41) is 4.71. The van der Waals surface area contributed by atoms with Gasteiger partial charge in [-0.2, -0.15) is 0 Å². The molecule has 6 nitrogen and oxygen atoms in total. The number of furan rings is 1. The van der Waals surface area contributed by atoms with E-state index in [-0.39, 0.29) is 12.1 Å². The monoisotopic (exact) mass is 435 g/mol. The van der Waals surface area contributed by atoms with Gasteiger partial charge in [0.05, 0.1) is 35.6 Å². The second-order valence-electron chi connectivity index (χ2n) is 6.97. The number of nitrogens with zero attached hydrogens (tertiary/aromatic N) is 4. The molecule has 150 valence electrons. The molecule has 4 aromatic rings. The van der Waals surface area contributed by atoms with Crippen LogP contribution in [0.3, 0.4) is 0 Å². The van der Waals surface area contributed by atoms with Crippen LogP contribution in [-0.4, -0.2) is 24.5 Å². The second-order valence-corrected chi connectivity index (χ2v) is 7.79. The number of thiocarbonyl (C=S) groups is 1. The third kappa shape index (κ3) is 3.46. The van der Waals surface area contributed by atoms with E-state index in [9.17, 15) is 0 Å². The number of rotatable bonds is 5. The first-order chi connectivity index (χ1) is 14.7. The Balaban J connectivity index is 1.60. The minimum Gasteiger partial charge on any atom is -0.467 e. The molecule has 0 bridgehead atoms. The van der Waals surface area contributed by atoms with E-state index < -0.39 is 0 Å². The first-order valence-corrected chi connectivity index (χ1v) is 10.3. The summed E-state index contributed by atoms with van der Waals surface area (Å²) in [7, 11) is 0. The predicted octanol–water partition coefficient (Wildman–Crippen LogP) is 4.69. The smallest absolute Gasteiger partial charge is 0.170 e. The highest BCUT2D eigenvalue weighted by molar-refractivity contribution is 7.80. The molecular weight excluding hydrogens is 418 g/mol. The first kappa shape index (κ1) is 18.8. The minimum atomic E-state index is -0.116. The van der Waals surface area contributed by atoms with Crippen LogP contribution in [0.15, 0.2) is 83.9 Å². The highest BCUT2D eigenvalue weighted by Crippen LogP contribution is 2.40. The van der Waals surface area contributed by atoms with Gasteiger partial charge in [0.25, 0.3) is 0 Å². The molecule has 5 heterocycles. The van der Waals surface area contributed by atoms with Crippen LogP contribution in [-0.2, 0) is 6.54 Å². The molecule has 1 aliphatic rings. The lowest BCUT2D eigenvalue weighted by Gasteiger charge is -2.28. The molecule has 30 heavy (non-hydrogen) atoms. The quantitative estimate of drug-likeness (QED) is 0.459. The maximum Gasteiger partial charge on any atom is 0.170 e. The normalized spacial score (nSPS) is 18.6. The molecule has 0 unspecified atom stereocenters. The number of halogens is 1.